The van der Waals surface area contributed by atoms with Gasteiger partial charge < -0.3 is 35.0 Å². The van der Waals surface area contributed by atoms with Crippen molar-refractivity contribution in [3.8, 4) is 51.7 Å². The fourth-order valence-electron chi connectivity index (χ4n) is 4.48. The van der Waals surface area contributed by atoms with E-state index in [2.05, 4.69) is 0 Å². The Hall–Kier alpha value is -3.88. The summed E-state index contributed by atoms with van der Waals surface area (Å²) in [6.07, 6.45) is 4.18. The van der Waals surface area contributed by atoms with E-state index in [1.54, 1.807) is 30.4 Å². The van der Waals surface area contributed by atoms with E-state index in [0.29, 0.717) is 32.3 Å². The summed E-state index contributed by atoms with van der Waals surface area (Å²) in [6.45, 7) is 0. The fraction of sp³-hybridized carbons (Fsp3) is 0.125. The average molecular weight is 662 g/mol. The van der Waals surface area contributed by atoms with Crippen molar-refractivity contribution in [3.63, 3.8) is 0 Å². The largest absolute Gasteiger partial charge is 0.508 e. The Kier molecular flexibility index (Phi) is 9.08. The third-order valence-electron chi connectivity index (χ3n) is 6.66. The first-order valence-corrected chi connectivity index (χ1v) is 14.4. The standard InChI is InChI=1S/C32H24Cl4O7/c33-20-4-2-19-13-31(23(36)15-25(19)38)43-32-27(40)10-17(11-28(32)41)8-21(34)5-3-18-12-30(22(35)14-24(18)37)42-29-6-1-16(7-20)9-26(29)39/h1,4-6,9-15,37-41H,2-3,7-8H2/b20-4+,21-5+. The highest BCUT2D eigenvalue weighted by molar-refractivity contribution is 6.32. The molecular weight excluding hydrogens is 638 g/mol. The molecule has 0 atom stereocenters. The molecule has 4 aliphatic heterocycles. The van der Waals surface area contributed by atoms with Crippen molar-refractivity contribution >= 4 is 46.4 Å². The minimum absolute atomic E-state index is 0.0537. The molecule has 4 aromatic rings. The number of phenolic OH excluding ortho intramolecular Hbond substituents is 5. The molecule has 222 valence electrons. The van der Waals surface area contributed by atoms with E-state index < -0.39 is 0 Å². The van der Waals surface area contributed by atoms with Gasteiger partial charge in [-0.05, 0) is 60.4 Å². The third kappa shape index (κ3) is 7.20. The highest BCUT2D eigenvalue weighted by Crippen LogP contribution is 2.44. The predicted octanol–water partition coefficient (Wildman–Crippen LogP) is 9.24. The molecule has 0 saturated heterocycles. The Morgan fingerprint density at radius 1 is 0.488 bits per heavy atom. The first-order chi connectivity index (χ1) is 20.5. The van der Waals surface area contributed by atoms with Crippen LogP contribution in [-0.2, 0) is 25.7 Å². The number of halogens is 4. The number of ether oxygens (including phenoxy) is 2. The van der Waals surface area contributed by atoms with Crippen LogP contribution in [0.3, 0.4) is 0 Å². The molecule has 5 N–H and O–H groups in total. The van der Waals surface area contributed by atoms with Crippen molar-refractivity contribution in [1.29, 1.82) is 0 Å². The maximum Gasteiger partial charge on any atom is 0.210 e. The van der Waals surface area contributed by atoms with Gasteiger partial charge in [0.2, 0.25) is 5.75 Å². The Bertz CT molecular complexity index is 1760. The highest BCUT2D eigenvalue weighted by Gasteiger charge is 2.18. The zero-order valence-electron chi connectivity index (χ0n) is 22.2. The molecule has 0 amide bonds. The quantitative estimate of drug-likeness (QED) is 0.127. The van der Waals surface area contributed by atoms with E-state index in [1.807, 2.05) is 0 Å². The molecule has 0 fully saturated rings. The highest BCUT2D eigenvalue weighted by atomic mass is 35.5. The summed E-state index contributed by atoms with van der Waals surface area (Å²) >= 11 is 25.5. The fourth-order valence-corrected chi connectivity index (χ4v) is 5.33. The first kappa shape index (κ1) is 30.6. The maximum atomic E-state index is 10.7. The van der Waals surface area contributed by atoms with Crippen LogP contribution in [0.2, 0.25) is 10.0 Å². The van der Waals surface area contributed by atoms with Crippen LogP contribution < -0.4 is 9.47 Å². The van der Waals surface area contributed by atoms with Gasteiger partial charge in [0.05, 0.1) is 10.0 Å². The smallest absolute Gasteiger partial charge is 0.210 e. The predicted molar refractivity (Wildman–Crippen MR) is 167 cm³/mol. The summed E-state index contributed by atoms with van der Waals surface area (Å²) in [6, 6.07) is 13.3. The number of allylic oxidation sites excluding steroid dienone is 4. The van der Waals surface area contributed by atoms with Gasteiger partial charge in [-0.15, -0.1) is 0 Å². The van der Waals surface area contributed by atoms with Crippen LogP contribution in [0.25, 0.3) is 0 Å². The van der Waals surface area contributed by atoms with Crippen LogP contribution in [0.4, 0.5) is 0 Å². The van der Waals surface area contributed by atoms with Crippen molar-refractivity contribution in [2.75, 3.05) is 0 Å². The lowest BCUT2D eigenvalue weighted by Crippen LogP contribution is -1.94. The molecule has 0 unspecified atom stereocenters. The molecule has 4 aromatic carbocycles. The van der Waals surface area contributed by atoms with Gasteiger partial charge in [-0.25, -0.2) is 0 Å². The molecule has 8 bridgehead atoms. The molecule has 43 heavy (non-hydrogen) atoms. The summed E-state index contributed by atoms with van der Waals surface area (Å²) in [4.78, 5) is 0. The minimum atomic E-state index is -0.353. The summed E-state index contributed by atoms with van der Waals surface area (Å²) in [5.74, 6) is -0.802. The number of aromatic hydroxyl groups is 5. The topological polar surface area (TPSA) is 120 Å². The Labute approximate surface area is 267 Å². The van der Waals surface area contributed by atoms with Crippen molar-refractivity contribution < 1.29 is 35.0 Å². The van der Waals surface area contributed by atoms with Crippen LogP contribution in [0.1, 0.15) is 22.3 Å². The minimum Gasteiger partial charge on any atom is -0.508 e. The SMILES string of the molecule is Oc1cc(Cl)c2cc1C/C=C(/Cl)Cc1cc(O)c(c(O)c1)Oc1cc(c(O)cc1Cl)C/C=C(/Cl)Cc1ccc(c(O)c1)O2. The maximum absolute atomic E-state index is 10.7. The Balaban J connectivity index is 1.56. The number of phenols is 5. The van der Waals surface area contributed by atoms with Gasteiger partial charge in [0.25, 0.3) is 0 Å². The summed E-state index contributed by atoms with van der Waals surface area (Å²) < 4.78 is 11.6. The van der Waals surface area contributed by atoms with E-state index in [0.717, 1.165) is 0 Å². The van der Waals surface area contributed by atoms with Crippen LogP contribution >= 0.6 is 46.4 Å². The number of benzene rings is 4. The van der Waals surface area contributed by atoms with Gasteiger partial charge in [0.1, 0.15) is 23.0 Å². The molecule has 0 radical (unpaired) electrons. The van der Waals surface area contributed by atoms with Crippen LogP contribution in [0, 0.1) is 0 Å². The first-order valence-electron chi connectivity index (χ1n) is 12.9. The zero-order valence-corrected chi connectivity index (χ0v) is 25.3. The van der Waals surface area contributed by atoms with Gasteiger partial charge in [0, 0.05) is 46.2 Å². The molecule has 8 rings (SSSR count). The zero-order chi connectivity index (χ0) is 30.8. The van der Waals surface area contributed by atoms with Crippen molar-refractivity contribution in [1.82, 2.24) is 0 Å². The second-order valence-electron chi connectivity index (χ2n) is 9.86. The molecule has 11 heteroatoms. The average Bonchev–Trinajstić information content (AvgIpc) is 2.92. The number of rotatable bonds is 0. The normalized spacial score (nSPS) is 16.3. The van der Waals surface area contributed by atoms with Crippen molar-refractivity contribution in [2.45, 2.75) is 25.7 Å². The van der Waals surface area contributed by atoms with E-state index in [1.165, 1.54) is 36.4 Å². The lowest BCUT2D eigenvalue weighted by atomic mass is 10.1. The second-order valence-corrected chi connectivity index (χ2v) is 11.6. The van der Waals surface area contributed by atoms with Crippen LogP contribution in [0.5, 0.6) is 51.7 Å². The number of hydrogen-bond donors (Lipinski definition) is 5. The van der Waals surface area contributed by atoms with Gasteiger partial charge in [-0.2, -0.15) is 0 Å². The monoisotopic (exact) mass is 660 g/mol. The third-order valence-corrected chi connectivity index (χ3v) is 7.83. The van der Waals surface area contributed by atoms with Crippen LogP contribution in [0.15, 0.2) is 76.8 Å². The lowest BCUT2D eigenvalue weighted by Gasteiger charge is -2.14. The van der Waals surface area contributed by atoms with Crippen molar-refractivity contribution in [3.05, 3.63) is 109 Å². The molecule has 0 spiro atoms. The molecular formula is C32H24Cl4O7. The van der Waals surface area contributed by atoms with Gasteiger partial charge in [-0.3, -0.25) is 0 Å². The molecule has 4 heterocycles. The molecule has 0 aliphatic carbocycles. The van der Waals surface area contributed by atoms with E-state index in [4.69, 9.17) is 55.9 Å². The lowest BCUT2D eigenvalue weighted by molar-refractivity contribution is 0.375. The number of hydrogen-bond acceptors (Lipinski definition) is 7. The molecule has 4 aliphatic rings. The summed E-state index contributed by atoms with van der Waals surface area (Å²) in [5, 5.41) is 53.9. The van der Waals surface area contributed by atoms with Gasteiger partial charge in [-0.1, -0.05) is 64.6 Å². The van der Waals surface area contributed by atoms with Crippen molar-refractivity contribution in [2.24, 2.45) is 0 Å². The molecule has 0 aromatic heterocycles. The van der Waals surface area contributed by atoms with E-state index >= 15 is 0 Å². The molecule has 0 saturated carbocycles. The Morgan fingerprint density at radius 2 is 0.977 bits per heavy atom. The van der Waals surface area contributed by atoms with Crippen LogP contribution in [-0.4, -0.2) is 25.5 Å². The van der Waals surface area contributed by atoms with E-state index in [-0.39, 0.29) is 87.5 Å². The summed E-state index contributed by atoms with van der Waals surface area (Å²) in [5.41, 5.74) is 2.06. The second kappa shape index (κ2) is 12.8. The molecule has 7 nitrogen and oxygen atoms in total. The van der Waals surface area contributed by atoms with Gasteiger partial charge >= 0.3 is 0 Å². The van der Waals surface area contributed by atoms with Gasteiger partial charge in [0.15, 0.2) is 23.0 Å². The Morgan fingerprint density at radius 3 is 1.51 bits per heavy atom. The van der Waals surface area contributed by atoms with E-state index in [9.17, 15) is 25.5 Å². The summed E-state index contributed by atoms with van der Waals surface area (Å²) in [7, 11) is 0.